The number of hydrogen-bond acceptors (Lipinski definition) is 2. The van der Waals surface area contributed by atoms with Crippen molar-refractivity contribution in [3.63, 3.8) is 0 Å². The number of aliphatic imine (C=N–C) groups is 1. The first-order valence-electron chi connectivity index (χ1n) is 7.63. The van der Waals surface area contributed by atoms with E-state index in [0.717, 1.165) is 25.6 Å². The first-order valence-corrected chi connectivity index (χ1v) is 7.63. The quantitative estimate of drug-likeness (QED) is 0.384. The zero-order chi connectivity index (χ0) is 14.7. The molecule has 0 aliphatic heterocycles. The molecular weight excluding hydrogens is 236 g/mol. The topological polar surface area (TPSA) is 39.7 Å². The summed E-state index contributed by atoms with van der Waals surface area (Å²) in [5, 5.41) is 6.72. The Kier molecular flexibility index (Phi) is 9.66. The Hall–Kier alpha value is -0.770. The van der Waals surface area contributed by atoms with Crippen molar-refractivity contribution >= 4 is 5.96 Å². The van der Waals surface area contributed by atoms with Gasteiger partial charge in [0.2, 0.25) is 0 Å². The molecule has 0 unspecified atom stereocenters. The maximum atomic E-state index is 4.68. The van der Waals surface area contributed by atoms with Crippen LogP contribution >= 0.6 is 0 Å². The highest BCUT2D eigenvalue weighted by Gasteiger charge is 2.19. The molecule has 0 aromatic rings. The molecule has 0 spiro atoms. The molecule has 4 nitrogen and oxygen atoms in total. The van der Waals surface area contributed by atoms with Gasteiger partial charge in [0, 0.05) is 18.6 Å². The molecule has 4 heteroatoms. The molecule has 0 amide bonds. The predicted molar refractivity (Wildman–Crippen MR) is 85.9 cm³/mol. The largest absolute Gasteiger partial charge is 0.357 e. The summed E-state index contributed by atoms with van der Waals surface area (Å²) in [5.41, 5.74) is 0.0879. The Labute approximate surface area is 120 Å². The van der Waals surface area contributed by atoms with Crippen LogP contribution in [0.15, 0.2) is 4.99 Å². The fourth-order valence-electron chi connectivity index (χ4n) is 1.51. The maximum absolute atomic E-state index is 4.68. The lowest BCUT2D eigenvalue weighted by Gasteiger charge is -2.31. The standard InChI is InChI=1S/C15H34N4/c1-7-9-10-11-12-17-14(16-8-2)18-13-15(3,4)19(5)6/h7-13H2,1-6H3,(H2,16,17,18). The van der Waals surface area contributed by atoms with Crippen LogP contribution in [0.3, 0.4) is 0 Å². The van der Waals surface area contributed by atoms with E-state index in [9.17, 15) is 0 Å². The lowest BCUT2D eigenvalue weighted by molar-refractivity contribution is 0.204. The van der Waals surface area contributed by atoms with Crippen molar-refractivity contribution in [2.24, 2.45) is 4.99 Å². The van der Waals surface area contributed by atoms with E-state index in [1.807, 2.05) is 0 Å². The molecule has 0 atom stereocenters. The normalized spacial score (nSPS) is 12.9. The van der Waals surface area contributed by atoms with Gasteiger partial charge in [0.15, 0.2) is 5.96 Å². The monoisotopic (exact) mass is 270 g/mol. The number of nitrogens with one attached hydrogen (secondary N) is 2. The van der Waals surface area contributed by atoms with E-state index in [4.69, 9.17) is 0 Å². The van der Waals surface area contributed by atoms with Crippen LogP contribution in [0.4, 0.5) is 0 Å². The van der Waals surface area contributed by atoms with Gasteiger partial charge in [0.05, 0.1) is 6.54 Å². The van der Waals surface area contributed by atoms with Gasteiger partial charge in [-0.15, -0.1) is 0 Å². The average molecular weight is 270 g/mol. The highest BCUT2D eigenvalue weighted by molar-refractivity contribution is 5.79. The predicted octanol–water partition coefficient (Wildman–Crippen LogP) is 2.46. The van der Waals surface area contributed by atoms with Gasteiger partial charge in [-0.2, -0.15) is 0 Å². The molecule has 114 valence electrons. The molecular formula is C15H34N4. The van der Waals surface area contributed by atoms with Crippen molar-refractivity contribution in [3.05, 3.63) is 0 Å². The van der Waals surface area contributed by atoms with E-state index in [2.05, 4.69) is 62.3 Å². The minimum Gasteiger partial charge on any atom is -0.357 e. The molecule has 0 saturated carbocycles. The average Bonchev–Trinajstić information content (AvgIpc) is 2.35. The molecule has 2 N–H and O–H groups in total. The first-order chi connectivity index (χ1) is 8.94. The van der Waals surface area contributed by atoms with E-state index in [-0.39, 0.29) is 5.54 Å². The van der Waals surface area contributed by atoms with E-state index in [1.54, 1.807) is 0 Å². The summed E-state index contributed by atoms with van der Waals surface area (Å²) < 4.78 is 0. The van der Waals surface area contributed by atoms with Gasteiger partial charge in [-0.3, -0.25) is 4.99 Å². The third-order valence-electron chi connectivity index (χ3n) is 3.50. The molecule has 0 bridgehead atoms. The highest BCUT2D eigenvalue weighted by Crippen LogP contribution is 2.09. The van der Waals surface area contributed by atoms with Crippen molar-refractivity contribution in [1.29, 1.82) is 0 Å². The summed E-state index contributed by atoms with van der Waals surface area (Å²) >= 11 is 0. The fourth-order valence-corrected chi connectivity index (χ4v) is 1.51. The molecule has 0 aromatic heterocycles. The smallest absolute Gasteiger partial charge is 0.191 e. The summed E-state index contributed by atoms with van der Waals surface area (Å²) in [6, 6.07) is 0. The first kappa shape index (κ1) is 18.2. The van der Waals surface area contributed by atoms with E-state index < -0.39 is 0 Å². The molecule has 0 rings (SSSR count). The van der Waals surface area contributed by atoms with E-state index >= 15 is 0 Å². The fraction of sp³-hybridized carbons (Fsp3) is 0.933. The second kappa shape index (κ2) is 10.1. The third kappa shape index (κ3) is 8.87. The zero-order valence-electron chi connectivity index (χ0n) is 13.8. The van der Waals surface area contributed by atoms with Gasteiger partial charge in [-0.05, 0) is 41.3 Å². The number of nitrogens with zero attached hydrogens (tertiary/aromatic N) is 2. The van der Waals surface area contributed by atoms with Gasteiger partial charge < -0.3 is 15.5 Å². The molecule has 0 radical (unpaired) electrons. The van der Waals surface area contributed by atoms with Crippen molar-refractivity contribution in [3.8, 4) is 0 Å². The maximum Gasteiger partial charge on any atom is 0.191 e. The minimum atomic E-state index is 0.0879. The Balaban J connectivity index is 4.15. The van der Waals surface area contributed by atoms with Gasteiger partial charge in [-0.25, -0.2) is 0 Å². The van der Waals surface area contributed by atoms with Crippen LogP contribution < -0.4 is 10.6 Å². The third-order valence-corrected chi connectivity index (χ3v) is 3.50. The van der Waals surface area contributed by atoms with Crippen molar-refractivity contribution in [1.82, 2.24) is 15.5 Å². The van der Waals surface area contributed by atoms with E-state index in [1.165, 1.54) is 25.7 Å². The van der Waals surface area contributed by atoms with Crippen LogP contribution in [0.2, 0.25) is 0 Å². The number of guanidine groups is 1. The van der Waals surface area contributed by atoms with Crippen LogP contribution in [0.1, 0.15) is 53.4 Å². The van der Waals surface area contributed by atoms with Crippen molar-refractivity contribution in [2.75, 3.05) is 33.7 Å². The Morgan fingerprint density at radius 2 is 1.74 bits per heavy atom. The zero-order valence-corrected chi connectivity index (χ0v) is 13.8. The summed E-state index contributed by atoms with van der Waals surface area (Å²) in [6.45, 7) is 11.5. The highest BCUT2D eigenvalue weighted by atomic mass is 15.2. The van der Waals surface area contributed by atoms with Gasteiger partial charge >= 0.3 is 0 Å². The van der Waals surface area contributed by atoms with Crippen LogP contribution in [-0.4, -0.2) is 50.1 Å². The molecule has 19 heavy (non-hydrogen) atoms. The number of likely N-dealkylation sites (N-methyl/N-ethyl adjacent to an activating group) is 1. The van der Waals surface area contributed by atoms with E-state index in [0.29, 0.717) is 0 Å². The lowest BCUT2D eigenvalue weighted by Crippen LogP contribution is -2.43. The minimum absolute atomic E-state index is 0.0879. The Morgan fingerprint density at radius 3 is 2.26 bits per heavy atom. The number of rotatable bonds is 9. The number of unbranched alkanes of at least 4 members (excludes halogenated alkanes) is 3. The van der Waals surface area contributed by atoms with Crippen molar-refractivity contribution < 1.29 is 0 Å². The van der Waals surface area contributed by atoms with Gasteiger partial charge in [0.1, 0.15) is 0 Å². The van der Waals surface area contributed by atoms with Gasteiger partial charge in [-0.1, -0.05) is 26.2 Å². The van der Waals surface area contributed by atoms with Crippen LogP contribution in [-0.2, 0) is 0 Å². The molecule has 0 heterocycles. The molecule has 0 aromatic carbocycles. The SMILES string of the molecule is CCCCCCNC(=NCC(C)(C)N(C)C)NCC. The van der Waals surface area contributed by atoms with Crippen LogP contribution in [0, 0.1) is 0 Å². The molecule has 0 fully saturated rings. The summed E-state index contributed by atoms with van der Waals surface area (Å²) in [7, 11) is 4.20. The van der Waals surface area contributed by atoms with Gasteiger partial charge in [0.25, 0.3) is 0 Å². The van der Waals surface area contributed by atoms with Crippen LogP contribution in [0.5, 0.6) is 0 Å². The Morgan fingerprint density at radius 1 is 1.05 bits per heavy atom. The van der Waals surface area contributed by atoms with Crippen LogP contribution in [0.25, 0.3) is 0 Å². The van der Waals surface area contributed by atoms with Crippen molar-refractivity contribution in [2.45, 2.75) is 58.9 Å². The second-order valence-corrected chi connectivity index (χ2v) is 5.89. The second-order valence-electron chi connectivity index (χ2n) is 5.89. The Bertz CT molecular complexity index is 247. The summed E-state index contributed by atoms with van der Waals surface area (Å²) in [4.78, 5) is 6.89. The number of hydrogen-bond donors (Lipinski definition) is 2. The molecule has 0 aliphatic carbocycles. The summed E-state index contributed by atoms with van der Waals surface area (Å²) in [6.07, 6.45) is 5.12. The lowest BCUT2D eigenvalue weighted by atomic mass is 10.1. The summed E-state index contributed by atoms with van der Waals surface area (Å²) in [5.74, 6) is 0.939. The molecule has 0 aliphatic rings. The molecule has 0 saturated heterocycles.